The first kappa shape index (κ1) is 22.7. The van der Waals surface area contributed by atoms with E-state index in [2.05, 4.69) is 14.6 Å². The van der Waals surface area contributed by atoms with Crippen molar-refractivity contribution in [2.45, 2.75) is 78.8 Å². The highest BCUT2D eigenvalue weighted by Crippen LogP contribution is 2.27. The molecule has 3 N–H and O–H groups in total. The minimum atomic E-state index is -0.415. The Bertz CT molecular complexity index is 383. The lowest BCUT2D eigenvalue weighted by Crippen LogP contribution is -2.49. The van der Waals surface area contributed by atoms with Crippen LogP contribution < -0.4 is 11.1 Å². The molecule has 0 aromatic carbocycles. The zero-order valence-electron chi connectivity index (χ0n) is 15.9. The van der Waals surface area contributed by atoms with Crippen LogP contribution in [-0.4, -0.2) is 35.9 Å². The number of unbranched alkanes of at least 4 members (excludes halogenated alkanes) is 1. The molecule has 0 heterocycles. The summed E-state index contributed by atoms with van der Waals surface area (Å²) in [7, 11) is 2.63. The molecule has 3 atom stereocenters. The fourth-order valence-corrected chi connectivity index (χ4v) is 3.03. The average Bonchev–Trinajstić information content (AvgIpc) is 2.40. The molecule has 23 heavy (non-hydrogen) atoms. The third kappa shape index (κ3) is 9.54. The fraction of sp³-hybridized carbons (Fsp3) is 0.889. The summed E-state index contributed by atoms with van der Waals surface area (Å²) in [5.74, 6) is 0.112. The van der Waals surface area contributed by atoms with Gasteiger partial charge in [0.15, 0.2) is 5.78 Å². The molecule has 0 aromatic rings. The summed E-state index contributed by atoms with van der Waals surface area (Å²) in [6, 6.07) is -0.218. The summed E-state index contributed by atoms with van der Waals surface area (Å²) in [5, 5.41) is 3.35. The summed E-state index contributed by atoms with van der Waals surface area (Å²) >= 11 is 0. The lowest BCUT2D eigenvalue weighted by Gasteiger charge is -2.29. The largest absolute Gasteiger partial charge is 0.330 e. The quantitative estimate of drug-likeness (QED) is 0.472. The Morgan fingerprint density at radius 2 is 1.65 bits per heavy atom. The summed E-state index contributed by atoms with van der Waals surface area (Å²) in [4.78, 5) is 25.4. The van der Waals surface area contributed by atoms with Gasteiger partial charge in [-0.15, -0.1) is 9.24 Å². The van der Waals surface area contributed by atoms with Crippen molar-refractivity contribution in [1.82, 2.24) is 5.32 Å². The molecular formula is C18H37N2O2P. The number of carbonyl (C=O) groups is 2. The van der Waals surface area contributed by atoms with Gasteiger partial charge in [-0.2, -0.15) is 0 Å². The predicted molar refractivity (Wildman–Crippen MR) is 102 cm³/mol. The number of carbonyl (C=O) groups excluding carboxylic acids is 2. The highest BCUT2D eigenvalue weighted by Gasteiger charge is 2.32. The van der Waals surface area contributed by atoms with Crippen LogP contribution >= 0.6 is 9.24 Å². The van der Waals surface area contributed by atoms with Crippen molar-refractivity contribution in [3.8, 4) is 0 Å². The first-order valence-corrected chi connectivity index (χ1v) is 9.49. The van der Waals surface area contributed by atoms with E-state index in [0.717, 1.165) is 19.3 Å². The van der Waals surface area contributed by atoms with Crippen LogP contribution in [0.4, 0.5) is 0 Å². The van der Waals surface area contributed by atoms with Crippen molar-refractivity contribution < 1.29 is 9.59 Å². The third-order valence-electron chi connectivity index (χ3n) is 3.80. The van der Waals surface area contributed by atoms with E-state index in [9.17, 15) is 9.59 Å². The SMILES string of the molecule is CC(C)(C)NC(CP)C(=O)CC(CCCCN)C(=O)C(C)(C)C. The van der Waals surface area contributed by atoms with Gasteiger partial charge in [0, 0.05) is 23.3 Å². The zero-order valence-corrected chi connectivity index (χ0v) is 17.0. The van der Waals surface area contributed by atoms with Gasteiger partial charge >= 0.3 is 0 Å². The van der Waals surface area contributed by atoms with Gasteiger partial charge in [-0.05, 0) is 46.3 Å². The topological polar surface area (TPSA) is 72.2 Å². The molecular weight excluding hydrogens is 307 g/mol. The van der Waals surface area contributed by atoms with E-state index in [1.807, 2.05) is 41.5 Å². The molecule has 0 aliphatic rings. The molecule has 0 aromatic heterocycles. The number of nitrogens with two attached hydrogens (primary N) is 1. The molecule has 0 aliphatic carbocycles. The summed E-state index contributed by atoms with van der Waals surface area (Å²) < 4.78 is 0. The van der Waals surface area contributed by atoms with Gasteiger partial charge in [-0.1, -0.05) is 27.2 Å². The van der Waals surface area contributed by atoms with Crippen molar-refractivity contribution in [2.75, 3.05) is 12.7 Å². The molecule has 0 saturated heterocycles. The van der Waals surface area contributed by atoms with Crippen LogP contribution in [0.3, 0.4) is 0 Å². The second-order valence-corrected chi connectivity index (χ2v) is 8.92. The van der Waals surface area contributed by atoms with Crippen LogP contribution in [0.1, 0.15) is 67.2 Å². The Labute approximate surface area is 144 Å². The highest BCUT2D eigenvalue weighted by molar-refractivity contribution is 7.16. The van der Waals surface area contributed by atoms with Crippen molar-refractivity contribution in [3.63, 3.8) is 0 Å². The molecule has 0 saturated carbocycles. The normalized spacial score (nSPS) is 15.3. The van der Waals surface area contributed by atoms with Gasteiger partial charge in [0.2, 0.25) is 0 Å². The van der Waals surface area contributed by atoms with Gasteiger partial charge < -0.3 is 11.1 Å². The van der Waals surface area contributed by atoms with Crippen molar-refractivity contribution in [3.05, 3.63) is 0 Å². The highest BCUT2D eigenvalue weighted by atomic mass is 31.0. The van der Waals surface area contributed by atoms with Crippen molar-refractivity contribution in [2.24, 2.45) is 17.1 Å². The lowest BCUT2D eigenvalue weighted by atomic mass is 9.78. The summed E-state index contributed by atoms with van der Waals surface area (Å²) in [6.07, 6.45) is 3.53. The maximum absolute atomic E-state index is 12.7. The van der Waals surface area contributed by atoms with Crippen LogP contribution in [-0.2, 0) is 9.59 Å². The maximum atomic E-state index is 12.7. The molecule has 0 amide bonds. The van der Waals surface area contributed by atoms with Crippen LogP contribution in [0.25, 0.3) is 0 Å². The zero-order chi connectivity index (χ0) is 18.3. The molecule has 0 radical (unpaired) electrons. The second-order valence-electron chi connectivity index (χ2n) is 8.45. The van der Waals surface area contributed by atoms with Crippen molar-refractivity contribution in [1.29, 1.82) is 0 Å². The lowest BCUT2D eigenvalue weighted by molar-refractivity contribution is -0.134. The van der Waals surface area contributed by atoms with Gasteiger partial charge in [0.1, 0.15) is 5.78 Å². The summed E-state index contributed by atoms with van der Waals surface area (Å²) in [5.41, 5.74) is 5.01. The molecule has 0 bridgehead atoms. The Morgan fingerprint density at radius 1 is 1.09 bits per heavy atom. The average molecular weight is 344 g/mol. The number of nitrogens with one attached hydrogen (secondary N) is 1. The van der Waals surface area contributed by atoms with E-state index in [1.54, 1.807) is 0 Å². The number of hydrogen-bond acceptors (Lipinski definition) is 4. The van der Waals surface area contributed by atoms with E-state index in [4.69, 9.17) is 5.73 Å². The second kappa shape index (κ2) is 9.86. The minimum Gasteiger partial charge on any atom is -0.330 e. The molecule has 0 rings (SSSR count). The van der Waals surface area contributed by atoms with Crippen molar-refractivity contribution >= 4 is 20.8 Å². The van der Waals surface area contributed by atoms with Crippen LogP contribution in [0.2, 0.25) is 0 Å². The van der Waals surface area contributed by atoms with Crippen LogP contribution in [0, 0.1) is 11.3 Å². The number of hydrogen-bond donors (Lipinski definition) is 2. The monoisotopic (exact) mass is 344 g/mol. The Kier molecular flexibility index (Phi) is 9.73. The first-order valence-electron chi connectivity index (χ1n) is 8.67. The number of Topliss-reactive ketones (excluding diaryl/α,β-unsaturated/α-hetero) is 2. The van der Waals surface area contributed by atoms with E-state index >= 15 is 0 Å². The van der Waals surface area contributed by atoms with E-state index in [-0.39, 0.29) is 29.1 Å². The van der Waals surface area contributed by atoms with E-state index in [0.29, 0.717) is 19.1 Å². The summed E-state index contributed by atoms with van der Waals surface area (Å²) in [6.45, 7) is 12.6. The standard InChI is InChI=1S/C18H37N2O2P/c1-17(2,3)16(22)13(9-7-8-10-19)11-15(21)14(12-23)20-18(4,5)6/h13-14,20H,7-12,19,23H2,1-6H3. The smallest absolute Gasteiger partial charge is 0.150 e. The molecule has 0 aliphatic heterocycles. The Hall–Kier alpha value is -0.310. The first-order chi connectivity index (χ1) is 10.4. The van der Waals surface area contributed by atoms with E-state index in [1.165, 1.54) is 0 Å². The maximum Gasteiger partial charge on any atom is 0.150 e. The van der Waals surface area contributed by atoms with Gasteiger partial charge in [-0.25, -0.2) is 0 Å². The fourth-order valence-electron chi connectivity index (χ4n) is 2.65. The Morgan fingerprint density at radius 3 is 2.04 bits per heavy atom. The molecule has 3 unspecified atom stereocenters. The van der Waals surface area contributed by atoms with Gasteiger partial charge in [0.25, 0.3) is 0 Å². The minimum absolute atomic E-state index is 0.125. The number of rotatable bonds is 10. The molecule has 0 spiro atoms. The molecule has 136 valence electrons. The van der Waals surface area contributed by atoms with Gasteiger partial charge in [-0.3, -0.25) is 9.59 Å². The van der Waals surface area contributed by atoms with Crippen LogP contribution in [0.15, 0.2) is 0 Å². The number of ketones is 2. The predicted octanol–water partition coefficient (Wildman–Crippen LogP) is 2.94. The Balaban J connectivity index is 4.97. The molecule has 0 fully saturated rings. The molecule has 5 heteroatoms. The third-order valence-corrected chi connectivity index (χ3v) is 4.27. The van der Waals surface area contributed by atoms with Gasteiger partial charge in [0.05, 0.1) is 6.04 Å². The van der Waals surface area contributed by atoms with Crippen LogP contribution in [0.5, 0.6) is 0 Å². The molecule has 4 nitrogen and oxygen atoms in total. The van der Waals surface area contributed by atoms with E-state index < -0.39 is 5.41 Å².